The molecular weight excluding hydrogens is 232 g/mol. The second-order valence-corrected chi connectivity index (χ2v) is 4.94. The first-order valence-electron chi connectivity index (χ1n) is 6.45. The van der Waals surface area contributed by atoms with Gasteiger partial charge < -0.3 is 10.1 Å². The summed E-state index contributed by atoms with van der Waals surface area (Å²) in [4.78, 5) is 14.2. The number of aromatic nitrogens is 2. The standard InChI is InChI=1S/C12H18N4O2/c17-12(9-4-14-15-5-9)13-6-11-7-16-3-1-2-10(16)8-18-11/h4-5,10-11H,1-3,6-8H2,(H,13,17)(H,14,15). The zero-order valence-corrected chi connectivity index (χ0v) is 10.3. The van der Waals surface area contributed by atoms with Crippen molar-refractivity contribution in [3.05, 3.63) is 18.0 Å². The Balaban J connectivity index is 1.47. The van der Waals surface area contributed by atoms with E-state index >= 15 is 0 Å². The first-order valence-corrected chi connectivity index (χ1v) is 6.45. The number of hydrogen-bond acceptors (Lipinski definition) is 4. The second kappa shape index (κ2) is 5.07. The lowest BCUT2D eigenvalue weighted by atomic mass is 10.2. The summed E-state index contributed by atoms with van der Waals surface area (Å²) in [7, 11) is 0. The molecule has 0 bridgehead atoms. The van der Waals surface area contributed by atoms with Gasteiger partial charge in [0, 0.05) is 25.3 Å². The number of amides is 1. The van der Waals surface area contributed by atoms with Gasteiger partial charge in [0.25, 0.3) is 5.91 Å². The minimum Gasteiger partial charge on any atom is -0.373 e. The molecule has 0 radical (unpaired) electrons. The zero-order valence-electron chi connectivity index (χ0n) is 10.3. The minimum absolute atomic E-state index is 0.101. The van der Waals surface area contributed by atoms with Gasteiger partial charge in [0.2, 0.25) is 0 Å². The van der Waals surface area contributed by atoms with Crippen molar-refractivity contribution < 1.29 is 9.53 Å². The molecule has 2 atom stereocenters. The van der Waals surface area contributed by atoms with Crippen LogP contribution in [-0.4, -0.2) is 59.4 Å². The number of ether oxygens (including phenoxy) is 1. The van der Waals surface area contributed by atoms with Crippen molar-refractivity contribution in [1.82, 2.24) is 20.4 Å². The van der Waals surface area contributed by atoms with E-state index in [1.165, 1.54) is 25.6 Å². The lowest BCUT2D eigenvalue weighted by molar-refractivity contribution is -0.0461. The predicted octanol–water partition coefficient (Wildman–Crippen LogP) is 0.00270. The number of aromatic amines is 1. The quantitative estimate of drug-likeness (QED) is 0.792. The Morgan fingerprint density at radius 1 is 1.67 bits per heavy atom. The van der Waals surface area contributed by atoms with Crippen molar-refractivity contribution in [2.24, 2.45) is 0 Å². The largest absolute Gasteiger partial charge is 0.373 e. The van der Waals surface area contributed by atoms with E-state index in [2.05, 4.69) is 20.4 Å². The topological polar surface area (TPSA) is 70.2 Å². The van der Waals surface area contributed by atoms with Crippen molar-refractivity contribution in [2.45, 2.75) is 25.0 Å². The third-order valence-corrected chi connectivity index (χ3v) is 3.71. The molecule has 2 unspecified atom stereocenters. The average molecular weight is 250 g/mol. The molecule has 2 aliphatic rings. The van der Waals surface area contributed by atoms with Crippen LogP contribution in [0.1, 0.15) is 23.2 Å². The molecular formula is C12H18N4O2. The van der Waals surface area contributed by atoms with Gasteiger partial charge in [0.05, 0.1) is 24.5 Å². The van der Waals surface area contributed by atoms with Gasteiger partial charge in [-0.05, 0) is 19.4 Å². The molecule has 3 heterocycles. The van der Waals surface area contributed by atoms with Gasteiger partial charge in [-0.15, -0.1) is 0 Å². The Morgan fingerprint density at radius 3 is 3.44 bits per heavy atom. The molecule has 6 nitrogen and oxygen atoms in total. The molecule has 2 N–H and O–H groups in total. The molecule has 0 spiro atoms. The number of carbonyl (C=O) groups is 1. The van der Waals surface area contributed by atoms with Crippen LogP contribution in [-0.2, 0) is 4.74 Å². The lowest BCUT2D eigenvalue weighted by Gasteiger charge is -2.35. The number of nitrogens with zero attached hydrogens (tertiary/aromatic N) is 2. The van der Waals surface area contributed by atoms with Crippen LogP contribution in [0.3, 0.4) is 0 Å². The highest BCUT2D eigenvalue weighted by molar-refractivity contribution is 5.93. The molecule has 3 rings (SSSR count). The first-order chi connectivity index (χ1) is 8.83. The normalized spacial score (nSPS) is 28.0. The summed E-state index contributed by atoms with van der Waals surface area (Å²) in [6, 6.07) is 0.603. The van der Waals surface area contributed by atoms with Gasteiger partial charge in [-0.25, -0.2) is 0 Å². The Kier molecular flexibility index (Phi) is 3.29. The van der Waals surface area contributed by atoms with Crippen LogP contribution in [0.2, 0.25) is 0 Å². The van der Waals surface area contributed by atoms with E-state index < -0.39 is 0 Å². The van der Waals surface area contributed by atoms with E-state index in [0.29, 0.717) is 18.2 Å². The van der Waals surface area contributed by atoms with Crippen LogP contribution >= 0.6 is 0 Å². The summed E-state index contributed by atoms with van der Waals surface area (Å²) in [5.74, 6) is -0.101. The molecule has 0 saturated carbocycles. The SMILES string of the molecule is O=C(NCC1CN2CCCC2CO1)c1cn[nH]c1. The van der Waals surface area contributed by atoms with Crippen molar-refractivity contribution in [3.8, 4) is 0 Å². The lowest BCUT2D eigenvalue weighted by Crippen LogP contribution is -2.50. The first kappa shape index (κ1) is 11.7. The molecule has 1 aromatic rings. The molecule has 2 fully saturated rings. The smallest absolute Gasteiger partial charge is 0.254 e. The maximum absolute atomic E-state index is 11.7. The fourth-order valence-corrected chi connectivity index (χ4v) is 2.69. The minimum atomic E-state index is -0.101. The van der Waals surface area contributed by atoms with E-state index in [9.17, 15) is 4.79 Å². The molecule has 1 amide bonds. The van der Waals surface area contributed by atoms with E-state index in [1.807, 2.05) is 0 Å². The zero-order chi connectivity index (χ0) is 12.4. The average Bonchev–Trinajstić information content (AvgIpc) is 3.05. The number of morpholine rings is 1. The third-order valence-electron chi connectivity index (χ3n) is 3.71. The van der Waals surface area contributed by atoms with E-state index in [4.69, 9.17) is 4.74 Å². The van der Waals surface area contributed by atoms with Gasteiger partial charge in [-0.2, -0.15) is 5.10 Å². The summed E-state index contributed by atoms with van der Waals surface area (Å²) in [6.07, 6.45) is 5.73. The van der Waals surface area contributed by atoms with E-state index in [-0.39, 0.29) is 12.0 Å². The molecule has 0 aliphatic carbocycles. The van der Waals surface area contributed by atoms with E-state index in [0.717, 1.165) is 13.2 Å². The molecule has 98 valence electrons. The highest BCUT2D eigenvalue weighted by Crippen LogP contribution is 2.22. The summed E-state index contributed by atoms with van der Waals surface area (Å²) < 4.78 is 5.78. The third kappa shape index (κ3) is 2.39. The summed E-state index contributed by atoms with van der Waals surface area (Å²) in [6.45, 7) is 3.45. The van der Waals surface area contributed by atoms with Gasteiger partial charge in [-0.3, -0.25) is 14.8 Å². The maximum atomic E-state index is 11.7. The Bertz CT molecular complexity index is 406. The number of hydrogen-bond donors (Lipinski definition) is 2. The maximum Gasteiger partial charge on any atom is 0.254 e. The molecule has 1 aromatic heterocycles. The fraction of sp³-hybridized carbons (Fsp3) is 0.667. The number of nitrogens with one attached hydrogen (secondary N) is 2. The van der Waals surface area contributed by atoms with Crippen LogP contribution in [0.5, 0.6) is 0 Å². The van der Waals surface area contributed by atoms with Crippen LogP contribution in [0.25, 0.3) is 0 Å². The van der Waals surface area contributed by atoms with Crippen LogP contribution < -0.4 is 5.32 Å². The molecule has 2 aliphatic heterocycles. The Hall–Kier alpha value is -1.40. The van der Waals surface area contributed by atoms with Crippen molar-refractivity contribution in [3.63, 3.8) is 0 Å². The Morgan fingerprint density at radius 2 is 2.61 bits per heavy atom. The molecule has 18 heavy (non-hydrogen) atoms. The number of carbonyl (C=O) groups excluding carboxylic acids is 1. The van der Waals surface area contributed by atoms with Gasteiger partial charge >= 0.3 is 0 Å². The van der Waals surface area contributed by atoms with Crippen molar-refractivity contribution >= 4 is 5.91 Å². The van der Waals surface area contributed by atoms with Crippen molar-refractivity contribution in [2.75, 3.05) is 26.2 Å². The molecule has 0 aromatic carbocycles. The number of fused-ring (bicyclic) bond motifs is 1. The second-order valence-electron chi connectivity index (χ2n) is 4.94. The summed E-state index contributed by atoms with van der Waals surface area (Å²) in [5.41, 5.74) is 0.560. The number of H-pyrrole nitrogens is 1. The predicted molar refractivity (Wildman–Crippen MR) is 65.3 cm³/mol. The molecule has 2 saturated heterocycles. The van der Waals surface area contributed by atoms with E-state index in [1.54, 1.807) is 6.20 Å². The Labute approximate surface area is 106 Å². The van der Waals surface area contributed by atoms with Crippen molar-refractivity contribution in [1.29, 1.82) is 0 Å². The number of rotatable bonds is 3. The van der Waals surface area contributed by atoms with Gasteiger partial charge in [-0.1, -0.05) is 0 Å². The fourth-order valence-electron chi connectivity index (χ4n) is 2.69. The summed E-state index contributed by atoms with van der Waals surface area (Å²) >= 11 is 0. The van der Waals surface area contributed by atoms with Crippen LogP contribution in [0.4, 0.5) is 0 Å². The monoisotopic (exact) mass is 250 g/mol. The van der Waals surface area contributed by atoms with Gasteiger partial charge in [0.15, 0.2) is 0 Å². The van der Waals surface area contributed by atoms with Gasteiger partial charge in [0.1, 0.15) is 0 Å². The summed E-state index contributed by atoms with van der Waals surface area (Å²) in [5, 5.41) is 9.27. The van der Waals surface area contributed by atoms with Crippen LogP contribution in [0.15, 0.2) is 12.4 Å². The highest BCUT2D eigenvalue weighted by atomic mass is 16.5. The highest BCUT2D eigenvalue weighted by Gasteiger charge is 2.32. The molecule has 6 heteroatoms. The van der Waals surface area contributed by atoms with Crippen LogP contribution in [0, 0.1) is 0 Å².